The van der Waals surface area contributed by atoms with E-state index in [1.165, 1.54) is 48.5 Å². The van der Waals surface area contributed by atoms with Crippen molar-refractivity contribution in [3.8, 4) is 79.3 Å². The van der Waals surface area contributed by atoms with E-state index in [-0.39, 0.29) is 51.0 Å². The average molecular weight is 864 g/mol. The largest absolute Gasteiger partial charge is 0.417 e. The summed E-state index contributed by atoms with van der Waals surface area (Å²) in [4.78, 5) is 14.5. The molecule has 11 heteroatoms. The zero-order valence-corrected chi connectivity index (χ0v) is 33.9. The Morgan fingerprint density at radius 1 is 0.385 bits per heavy atom. The smallest absolute Gasteiger partial charge is 0.308 e. The highest BCUT2D eigenvalue weighted by atomic mass is 19.4. The van der Waals surface area contributed by atoms with Gasteiger partial charge in [0.1, 0.15) is 0 Å². The van der Waals surface area contributed by atoms with Gasteiger partial charge in [-0.3, -0.25) is 0 Å². The van der Waals surface area contributed by atoms with E-state index >= 15 is 26.3 Å². The van der Waals surface area contributed by atoms with Crippen LogP contribution in [0.1, 0.15) is 16.7 Å². The van der Waals surface area contributed by atoms with E-state index in [0.717, 1.165) is 12.1 Å². The summed E-state index contributed by atoms with van der Waals surface area (Å²) in [5.41, 5.74) is 1.74. The molecule has 65 heavy (non-hydrogen) atoms. The molecule has 0 aliphatic heterocycles. The van der Waals surface area contributed by atoms with Crippen LogP contribution >= 0.6 is 0 Å². The van der Waals surface area contributed by atoms with E-state index in [9.17, 15) is 5.26 Å². The van der Waals surface area contributed by atoms with E-state index in [1.807, 2.05) is 66.7 Å². The first-order valence-electron chi connectivity index (χ1n) is 20.4. The molecule has 2 heterocycles. The molecule has 0 bridgehead atoms. The minimum Gasteiger partial charge on any atom is -0.308 e. The molecule has 10 aromatic rings. The highest BCUT2D eigenvalue weighted by Gasteiger charge is 2.37. The first-order valence-corrected chi connectivity index (χ1v) is 20.4. The summed E-state index contributed by atoms with van der Waals surface area (Å²) < 4.78 is 93.6. The lowest BCUT2D eigenvalue weighted by Gasteiger charge is -2.24. The van der Waals surface area contributed by atoms with Crippen molar-refractivity contribution in [2.75, 3.05) is 0 Å². The van der Waals surface area contributed by atoms with E-state index < -0.39 is 23.5 Å². The van der Waals surface area contributed by atoms with Gasteiger partial charge in [-0.25, -0.2) is 15.0 Å². The van der Waals surface area contributed by atoms with Gasteiger partial charge in [0.2, 0.25) is 0 Å². The molecule has 0 N–H and O–H groups in total. The quantitative estimate of drug-likeness (QED) is 0.150. The second-order valence-electron chi connectivity index (χ2n) is 15.3. The Labute approximate surface area is 368 Å². The Kier molecular flexibility index (Phi) is 10.1. The zero-order chi connectivity index (χ0) is 44.9. The van der Waals surface area contributed by atoms with Gasteiger partial charge < -0.3 is 4.57 Å². The third kappa shape index (κ3) is 7.44. The van der Waals surface area contributed by atoms with Gasteiger partial charge in [-0.1, -0.05) is 140 Å². The van der Waals surface area contributed by atoms with Crippen LogP contribution in [0, 0.1) is 11.3 Å². The van der Waals surface area contributed by atoms with Gasteiger partial charge >= 0.3 is 12.4 Å². The van der Waals surface area contributed by atoms with Crippen molar-refractivity contribution in [2.24, 2.45) is 0 Å². The fourth-order valence-corrected chi connectivity index (χ4v) is 8.50. The molecule has 2 aromatic heterocycles. The summed E-state index contributed by atoms with van der Waals surface area (Å²) in [5.74, 6) is 0.539. The highest BCUT2D eigenvalue weighted by Crippen LogP contribution is 2.49. The van der Waals surface area contributed by atoms with Crippen molar-refractivity contribution in [2.45, 2.75) is 12.4 Å². The van der Waals surface area contributed by atoms with Crippen LogP contribution in [0.2, 0.25) is 0 Å². The SMILES string of the molecule is N#Cc1ccccc1-c1ccc2c(c1)c1ccccc1n2-c1c(-c2ccccc2C(F)(F)F)cc(-c2nc(-c3ccccc3)nc(-c3ccccc3)n2)cc1-c1ccccc1C(F)(F)F. The predicted molar refractivity (Wildman–Crippen MR) is 242 cm³/mol. The van der Waals surface area contributed by atoms with Gasteiger partial charge in [0, 0.05) is 38.6 Å². The first kappa shape index (κ1) is 40.7. The van der Waals surface area contributed by atoms with Crippen molar-refractivity contribution in [1.29, 1.82) is 5.26 Å². The number of halogens is 6. The van der Waals surface area contributed by atoms with Crippen LogP contribution in [0.4, 0.5) is 26.3 Å². The molecular formula is C54H31F6N5. The summed E-state index contributed by atoms with van der Waals surface area (Å²) in [7, 11) is 0. The molecule has 0 aliphatic carbocycles. The fraction of sp³-hybridized carbons (Fsp3) is 0.0370. The second kappa shape index (κ2) is 16.1. The van der Waals surface area contributed by atoms with Crippen LogP contribution < -0.4 is 0 Å². The van der Waals surface area contributed by atoms with Crippen LogP contribution in [0.5, 0.6) is 0 Å². The van der Waals surface area contributed by atoms with E-state index in [2.05, 4.69) is 6.07 Å². The predicted octanol–water partition coefficient (Wildman–Crippen LogP) is 14.9. The Bertz CT molecular complexity index is 3340. The third-order valence-electron chi connectivity index (χ3n) is 11.4. The number of hydrogen-bond acceptors (Lipinski definition) is 4. The maximum atomic E-state index is 15.3. The number of fused-ring (bicyclic) bond motifs is 3. The number of benzene rings is 8. The lowest BCUT2D eigenvalue weighted by molar-refractivity contribution is -0.137. The maximum Gasteiger partial charge on any atom is 0.417 e. The first-order chi connectivity index (χ1) is 31.5. The Balaban J connectivity index is 1.38. The van der Waals surface area contributed by atoms with Crippen molar-refractivity contribution in [1.82, 2.24) is 19.5 Å². The van der Waals surface area contributed by atoms with Crippen molar-refractivity contribution < 1.29 is 26.3 Å². The van der Waals surface area contributed by atoms with Gasteiger partial charge in [-0.15, -0.1) is 0 Å². The minimum absolute atomic E-state index is 0.0214. The van der Waals surface area contributed by atoms with Gasteiger partial charge in [0.25, 0.3) is 0 Å². The molecule has 0 fully saturated rings. The van der Waals surface area contributed by atoms with Crippen molar-refractivity contribution in [3.63, 3.8) is 0 Å². The highest BCUT2D eigenvalue weighted by molar-refractivity contribution is 6.12. The molecule has 0 saturated carbocycles. The van der Waals surface area contributed by atoms with Crippen LogP contribution in [-0.4, -0.2) is 19.5 Å². The zero-order valence-electron chi connectivity index (χ0n) is 33.9. The molecule has 8 aromatic carbocycles. The lowest BCUT2D eigenvalue weighted by Crippen LogP contribution is -2.11. The third-order valence-corrected chi connectivity index (χ3v) is 11.4. The summed E-state index contributed by atoms with van der Waals surface area (Å²) in [6.45, 7) is 0. The summed E-state index contributed by atoms with van der Waals surface area (Å²) in [6.07, 6.45) is -9.74. The average Bonchev–Trinajstić information content (AvgIpc) is 3.66. The molecule has 0 atom stereocenters. The summed E-state index contributed by atoms with van der Waals surface area (Å²) in [6, 6.07) is 53.3. The minimum atomic E-state index is -4.87. The van der Waals surface area contributed by atoms with E-state index in [0.29, 0.717) is 49.6 Å². The number of nitriles is 1. The molecular weight excluding hydrogens is 833 g/mol. The van der Waals surface area contributed by atoms with Gasteiger partial charge in [-0.2, -0.15) is 31.6 Å². The molecule has 0 unspecified atom stereocenters. The topological polar surface area (TPSA) is 67.4 Å². The number of aromatic nitrogens is 4. The molecule has 5 nitrogen and oxygen atoms in total. The fourth-order valence-electron chi connectivity index (χ4n) is 8.50. The normalized spacial score (nSPS) is 11.8. The van der Waals surface area contributed by atoms with Gasteiger partial charge in [0.05, 0.1) is 39.5 Å². The number of hydrogen-bond donors (Lipinski definition) is 0. The Morgan fingerprint density at radius 2 is 0.831 bits per heavy atom. The number of rotatable bonds is 7. The molecule has 0 saturated heterocycles. The summed E-state index contributed by atoms with van der Waals surface area (Å²) >= 11 is 0. The molecule has 0 amide bonds. The van der Waals surface area contributed by atoms with Crippen molar-refractivity contribution in [3.05, 3.63) is 205 Å². The van der Waals surface area contributed by atoms with Crippen LogP contribution in [0.25, 0.3) is 95.0 Å². The molecule has 0 aliphatic rings. The number of para-hydroxylation sites is 1. The van der Waals surface area contributed by atoms with Crippen molar-refractivity contribution >= 4 is 21.8 Å². The molecule has 314 valence electrons. The summed E-state index contributed by atoms with van der Waals surface area (Å²) in [5, 5.41) is 11.3. The molecule has 0 radical (unpaired) electrons. The van der Waals surface area contributed by atoms with Crippen LogP contribution in [0.3, 0.4) is 0 Å². The molecule has 10 rings (SSSR count). The van der Waals surface area contributed by atoms with Gasteiger partial charge in [0.15, 0.2) is 17.5 Å². The standard InChI is InChI=1S/C54H31F6N5/c55-53(56,57)45-24-12-9-21-39(45)43-30-37(52-63-50(33-15-3-1-4-16-33)62-51(64-52)34-17-5-2-6-18-34)31-44(40-22-10-13-25-46(40)54(58,59)60)49(43)65-47-26-14-11-23-41(47)42-29-35(27-28-48(42)65)38-20-8-7-19-36(38)32-61/h1-31H. The number of alkyl halides is 6. The van der Waals surface area contributed by atoms with Crippen LogP contribution in [-0.2, 0) is 12.4 Å². The Morgan fingerprint density at radius 3 is 1.37 bits per heavy atom. The van der Waals surface area contributed by atoms with E-state index in [1.54, 1.807) is 65.2 Å². The second-order valence-corrected chi connectivity index (χ2v) is 15.3. The van der Waals surface area contributed by atoms with E-state index in [4.69, 9.17) is 15.0 Å². The van der Waals surface area contributed by atoms with Crippen LogP contribution in [0.15, 0.2) is 188 Å². The molecule has 0 spiro atoms. The monoisotopic (exact) mass is 863 g/mol. The Hall–Kier alpha value is -8.36. The van der Waals surface area contributed by atoms with Gasteiger partial charge in [-0.05, 0) is 70.8 Å². The number of nitrogens with zero attached hydrogens (tertiary/aromatic N) is 5. The maximum absolute atomic E-state index is 15.3. The lowest BCUT2D eigenvalue weighted by atomic mass is 9.88.